The molecule has 8 nitrogen and oxygen atoms in total. The largest absolute Gasteiger partial charge is 0.444 e. The zero-order valence-electron chi connectivity index (χ0n) is 19.7. The number of anilines is 1. The maximum absolute atomic E-state index is 12.2. The van der Waals surface area contributed by atoms with Gasteiger partial charge in [-0.1, -0.05) is 6.07 Å². The molecule has 174 valence electrons. The molecular weight excluding hydrogens is 404 g/mol. The highest BCUT2D eigenvalue weighted by Gasteiger charge is 2.28. The number of aryl methyl sites for hydroxylation is 1. The topological polar surface area (TPSA) is 95.2 Å². The number of aromatic amines is 1. The summed E-state index contributed by atoms with van der Waals surface area (Å²) in [5.74, 6) is 2.36. The van der Waals surface area contributed by atoms with E-state index in [-0.39, 0.29) is 6.09 Å². The maximum atomic E-state index is 12.2. The lowest BCUT2D eigenvalue weighted by molar-refractivity contribution is 0.0199. The van der Waals surface area contributed by atoms with Gasteiger partial charge in [-0.25, -0.2) is 14.8 Å². The Labute approximate surface area is 190 Å². The maximum Gasteiger partial charge on any atom is 0.410 e. The summed E-state index contributed by atoms with van der Waals surface area (Å²) in [4.78, 5) is 26.9. The van der Waals surface area contributed by atoms with Gasteiger partial charge in [-0.05, 0) is 65.5 Å². The quantitative estimate of drug-likeness (QED) is 0.562. The number of piperidine rings is 1. The number of aromatic nitrogens is 3. The van der Waals surface area contributed by atoms with Crippen LogP contribution >= 0.6 is 0 Å². The Kier molecular flexibility index (Phi) is 6.69. The molecule has 2 fully saturated rings. The molecule has 2 aromatic rings. The van der Waals surface area contributed by atoms with Crippen molar-refractivity contribution in [1.29, 1.82) is 0 Å². The van der Waals surface area contributed by atoms with Crippen molar-refractivity contribution in [3.05, 3.63) is 29.6 Å². The van der Waals surface area contributed by atoms with E-state index in [1.165, 1.54) is 18.5 Å². The fourth-order valence-electron chi connectivity index (χ4n) is 4.09. The van der Waals surface area contributed by atoms with Crippen LogP contribution in [0.15, 0.2) is 18.2 Å². The number of H-pyrrole nitrogens is 1. The number of likely N-dealkylation sites (tertiary alicyclic amines) is 1. The molecule has 1 aliphatic carbocycles. The zero-order chi connectivity index (χ0) is 22.7. The van der Waals surface area contributed by atoms with Gasteiger partial charge in [-0.15, -0.1) is 0 Å². The van der Waals surface area contributed by atoms with E-state index < -0.39 is 5.60 Å². The van der Waals surface area contributed by atoms with Gasteiger partial charge in [-0.2, -0.15) is 0 Å². The van der Waals surface area contributed by atoms with Crippen LogP contribution in [0.5, 0.6) is 0 Å². The van der Waals surface area contributed by atoms with Gasteiger partial charge >= 0.3 is 6.09 Å². The molecule has 2 aromatic heterocycles. The highest BCUT2D eigenvalue weighted by Crippen LogP contribution is 2.41. The van der Waals surface area contributed by atoms with Crippen molar-refractivity contribution in [2.45, 2.75) is 70.9 Å². The summed E-state index contributed by atoms with van der Waals surface area (Å²) in [6.07, 6.45) is 4.18. The first-order chi connectivity index (χ1) is 15.3. The van der Waals surface area contributed by atoms with Gasteiger partial charge in [0.05, 0.1) is 5.69 Å². The predicted octanol–water partition coefficient (Wildman–Crippen LogP) is 4.06. The molecule has 0 atom stereocenters. The normalized spacial score (nSPS) is 17.4. The summed E-state index contributed by atoms with van der Waals surface area (Å²) in [7, 11) is 0. The number of ether oxygens (including phenoxy) is 1. The van der Waals surface area contributed by atoms with Crippen LogP contribution in [0.25, 0.3) is 11.5 Å². The lowest BCUT2D eigenvalue weighted by Crippen LogP contribution is -2.47. The van der Waals surface area contributed by atoms with Gasteiger partial charge in [-0.3, -0.25) is 0 Å². The van der Waals surface area contributed by atoms with Gasteiger partial charge in [0.1, 0.15) is 17.1 Å². The first-order valence-corrected chi connectivity index (χ1v) is 11.8. The third-order valence-corrected chi connectivity index (χ3v) is 5.91. The Balaban J connectivity index is 1.19. The number of hydrogen-bond acceptors (Lipinski definition) is 6. The SMILES string of the molecule is Cc1nc(-c2cccc(NCCNC3CCN(C(=O)OC(C)(C)C)CC3)n2)[nH]c1C1CC1. The van der Waals surface area contributed by atoms with E-state index in [4.69, 9.17) is 9.72 Å². The smallest absolute Gasteiger partial charge is 0.410 e. The minimum Gasteiger partial charge on any atom is -0.444 e. The van der Waals surface area contributed by atoms with Crippen molar-refractivity contribution in [3.63, 3.8) is 0 Å². The second kappa shape index (κ2) is 9.48. The molecule has 0 unspecified atom stereocenters. The molecule has 0 radical (unpaired) electrons. The molecular formula is C24H36N6O2. The van der Waals surface area contributed by atoms with Gasteiger partial charge in [0.15, 0.2) is 5.82 Å². The molecule has 0 aromatic carbocycles. The third-order valence-electron chi connectivity index (χ3n) is 5.91. The molecule has 0 bridgehead atoms. The number of rotatable bonds is 7. The summed E-state index contributed by atoms with van der Waals surface area (Å²) in [5.41, 5.74) is 2.78. The van der Waals surface area contributed by atoms with E-state index in [9.17, 15) is 4.79 Å². The van der Waals surface area contributed by atoms with E-state index in [1.807, 2.05) is 43.9 Å². The first kappa shape index (κ1) is 22.6. The molecule has 32 heavy (non-hydrogen) atoms. The van der Waals surface area contributed by atoms with Crippen molar-refractivity contribution in [2.24, 2.45) is 0 Å². The molecule has 1 aliphatic heterocycles. The van der Waals surface area contributed by atoms with Gasteiger partial charge < -0.3 is 25.3 Å². The van der Waals surface area contributed by atoms with E-state index in [2.05, 4.69) is 27.5 Å². The van der Waals surface area contributed by atoms with E-state index >= 15 is 0 Å². The molecule has 0 spiro atoms. The lowest BCUT2D eigenvalue weighted by Gasteiger charge is -2.33. The molecule has 2 aliphatic rings. The minimum atomic E-state index is -0.446. The standard InChI is InChI=1S/C24H36N6O2/c1-16-21(17-8-9-17)29-22(27-16)19-6-5-7-20(28-19)26-13-12-25-18-10-14-30(15-11-18)23(31)32-24(2,3)4/h5-7,17-18,25H,8-15H2,1-4H3,(H,26,28)(H,27,29). The summed E-state index contributed by atoms with van der Waals surface area (Å²) in [5, 5.41) is 6.99. The highest BCUT2D eigenvalue weighted by atomic mass is 16.6. The van der Waals surface area contributed by atoms with Crippen molar-refractivity contribution in [3.8, 4) is 11.5 Å². The fraction of sp³-hybridized carbons (Fsp3) is 0.625. The number of imidazole rings is 1. The second-order valence-electron chi connectivity index (χ2n) is 9.89. The number of carbonyl (C=O) groups excluding carboxylic acids is 1. The molecule has 4 rings (SSSR count). The van der Waals surface area contributed by atoms with E-state index in [0.29, 0.717) is 12.0 Å². The Bertz CT molecular complexity index is 923. The monoisotopic (exact) mass is 440 g/mol. The van der Waals surface area contributed by atoms with Crippen molar-refractivity contribution in [2.75, 3.05) is 31.5 Å². The van der Waals surface area contributed by atoms with Crippen LogP contribution in [0, 0.1) is 6.92 Å². The van der Waals surface area contributed by atoms with E-state index in [1.54, 1.807) is 0 Å². The average Bonchev–Trinajstić information content (AvgIpc) is 3.52. The first-order valence-electron chi connectivity index (χ1n) is 11.8. The fourth-order valence-corrected chi connectivity index (χ4v) is 4.09. The van der Waals surface area contributed by atoms with Crippen LogP contribution in [0.1, 0.15) is 63.8 Å². The summed E-state index contributed by atoms with van der Waals surface area (Å²) in [6.45, 7) is 10.9. The summed E-state index contributed by atoms with van der Waals surface area (Å²) >= 11 is 0. The van der Waals surface area contributed by atoms with Crippen LogP contribution < -0.4 is 10.6 Å². The molecule has 1 amide bonds. The number of nitrogens with zero attached hydrogens (tertiary/aromatic N) is 3. The minimum absolute atomic E-state index is 0.209. The van der Waals surface area contributed by atoms with Crippen LogP contribution in [0.4, 0.5) is 10.6 Å². The van der Waals surface area contributed by atoms with Crippen LogP contribution in [-0.4, -0.2) is 63.8 Å². The zero-order valence-corrected chi connectivity index (χ0v) is 19.7. The highest BCUT2D eigenvalue weighted by molar-refractivity contribution is 5.68. The molecule has 3 heterocycles. The summed E-state index contributed by atoms with van der Waals surface area (Å²) < 4.78 is 5.47. The van der Waals surface area contributed by atoms with Crippen molar-refractivity contribution >= 4 is 11.9 Å². The number of amides is 1. The number of hydrogen-bond donors (Lipinski definition) is 3. The Hall–Kier alpha value is -2.61. The van der Waals surface area contributed by atoms with E-state index in [0.717, 1.165) is 62.1 Å². The predicted molar refractivity (Wildman–Crippen MR) is 126 cm³/mol. The molecule has 1 saturated heterocycles. The molecule has 8 heteroatoms. The van der Waals surface area contributed by atoms with Crippen molar-refractivity contribution in [1.82, 2.24) is 25.2 Å². The van der Waals surface area contributed by atoms with Gasteiger partial charge in [0, 0.05) is 43.8 Å². The van der Waals surface area contributed by atoms with Crippen LogP contribution in [-0.2, 0) is 4.74 Å². The Morgan fingerprint density at radius 3 is 2.59 bits per heavy atom. The average molecular weight is 441 g/mol. The van der Waals surface area contributed by atoms with Crippen molar-refractivity contribution < 1.29 is 9.53 Å². The Morgan fingerprint density at radius 2 is 1.91 bits per heavy atom. The van der Waals surface area contributed by atoms with Gasteiger partial charge in [0.25, 0.3) is 0 Å². The number of carbonyl (C=O) groups is 1. The van der Waals surface area contributed by atoms with Crippen LogP contribution in [0.3, 0.4) is 0 Å². The Morgan fingerprint density at radius 1 is 1.16 bits per heavy atom. The molecule has 3 N–H and O–H groups in total. The molecule has 1 saturated carbocycles. The summed E-state index contributed by atoms with van der Waals surface area (Å²) in [6, 6.07) is 6.41. The lowest BCUT2D eigenvalue weighted by atomic mass is 10.1. The number of nitrogens with one attached hydrogen (secondary N) is 3. The third kappa shape index (κ3) is 6.00. The second-order valence-corrected chi connectivity index (χ2v) is 9.89. The van der Waals surface area contributed by atoms with Gasteiger partial charge in [0.2, 0.25) is 0 Å². The van der Waals surface area contributed by atoms with Crippen LogP contribution in [0.2, 0.25) is 0 Å². The number of pyridine rings is 1.